The van der Waals surface area contributed by atoms with Crippen molar-refractivity contribution in [3.05, 3.63) is 66.2 Å². The first-order chi connectivity index (χ1) is 12.9. The highest BCUT2D eigenvalue weighted by Crippen LogP contribution is 2.23. The highest BCUT2D eigenvalue weighted by Gasteiger charge is 2.30. The zero-order valence-electron chi connectivity index (χ0n) is 14.5. The molecule has 0 saturated carbocycles. The molecule has 3 rings (SSSR count). The van der Waals surface area contributed by atoms with Crippen LogP contribution in [0.4, 0.5) is 18.9 Å². The number of carbonyl (C=O) groups excluding carboxylic acids is 1. The number of alkyl halides is 3. The summed E-state index contributed by atoms with van der Waals surface area (Å²) >= 11 is 0. The second-order valence-corrected chi connectivity index (χ2v) is 6.10. The number of hydrogen-bond donors (Lipinski definition) is 0. The predicted molar refractivity (Wildman–Crippen MR) is 97.4 cm³/mol. The Kier molecular flexibility index (Phi) is 5.69. The van der Waals surface area contributed by atoms with Gasteiger partial charge in [-0.2, -0.15) is 0 Å². The molecular formula is C20H19F3N2O2. The van der Waals surface area contributed by atoms with E-state index in [1.807, 2.05) is 30.3 Å². The van der Waals surface area contributed by atoms with E-state index in [-0.39, 0.29) is 11.7 Å². The van der Waals surface area contributed by atoms with Gasteiger partial charge < -0.3 is 14.5 Å². The fourth-order valence-electron chi connectivity index (χ4n) is 2.88. The number of rotatable bonds is 4. The summed E-state index contributed by atoms with van der Waals surface area (Å²) in [5.74, 6) is -0.402. The molecule has 7 heteroatoms. The van der Waals surface area contributed by atoms with Crippen molar-refractivity contribution in [1.82, 2.24) is 4.90 Å². The zero-order chi connectivity index (χ0) is 19.3. The first kappa shape index (κ1) is 18.8. The van der Waals surface area contributed by atoms with Gasteiger partial charge in [0.2, 0.25) is 5.91 Å². The van der Waals surface area contributed by atoms with Crippen LogP contribution in [-0.4, -0.2) is 43.3 Å². The maximum atomic E-state index is 12.3. The van der Waals surface area contributed by atoms with Gasteiger partial charge in [0.15, 0.2) is 0 Å². The van der Waals surface area contributed by atoms with E-state index in [1.165, 1.54) is 30.3 Å². The minimum absolute atomic E-state index is 0.113. The molecule has 1 amide bonds. The van der Waals surface area contributed by atoms with E-state index in [4.69, 9.17) is 0 Å². The second kappa shape index (κ2) is 8.16. The minimum Gasteiger partial charge on any atom is -0.406 e. The van der Waals surface area contributed by atoms with Gasteiger partial charge in [0.25, 0.3) is 0 Å². The third kappa shape index (κ3) is 5.51. The van der Waals surface area contributed by atoms with Crippen LogP contribution in [0.1, 0.15) is 5.56 Å². The number of halogens is 3. The molecule has 0 bridgehead atoms. The normalized spacial score (nSPS) is 15.2. The lowest BCUT2D eigenvalue weighted by atomic mass is 10.2. The Bertz CT molecular complexity index is 781. The second-order valence-electron chi connectivity index (χ2n) is 6.10. The summed E-state index contributed by atoms with van der Waals surface area (Å²) < 4.78 is 40.3. The standard InChI is InChI=1S/C20H19F3N2O2/c21-20(22,23)27-18-9-6-16(7-10-18)8-11-19(26)25-14-12-24(13-15-25)17-4-2-1-3-5-17/h1-11H,12-15H2/b11-8+. The van der Waals surface area contributed by atoms with Crippen LogP contribution in [0.2, 0.25) is 0 Å². The van der Waals surface area contributed by atoms with Gasteiger partial charge >= 0.3 is 6.36 Å². The third-order valence-corrected chi connectivity index (χ3v) is 4.24. The van der Waals surface area contributed by atoms with Gasteiger partial charge in [-0.05, 0) is 35.9 Å². The molecule has 0 spiro atoms. The molecule has 1 saturated heterocycles. The average molecular weight is 376 g/mol. The van der Waals surface area contributed by atoms with Gasteiger partial charge in [-0.1, -0.05) is 30.3 Å². The lowest BCUT2D eigenvalue weighted by molar-refractivity contribution is -0.274. The minimum atomic E-state index is -4.71. The zero-order valence-corrected chi connectivity index (χ0v) is 14.5. The summed E-state index contributed by atoms with van der Waals surface area (Å²) in [5.41, 5.74) is 1.77. The molecule has 27 heavy (non-hydrogen) atoms. The fraction of sp³-hybridized carbons (Fsp3) is 0.250. The Morgan fingerprint density at radius 2 is 1.56 bits per heavy atom. The number of anilines is 1. The Morgan fingerprint density at radius 3 is 2.15 bits per heavy atom. The van der Waals surface area contributed by atoms with Crippen LogP contribution in [-0.2, 0) is 4.79 Å². The van der Waals surface area contributed by atoms with E-state index in [0.717, 1.165) is 18.8 Å². The summed E-state index contributed by atoms with van der Waals surface area (Å²) in [4.78, 5) is 16.3. The van der Waals surface area contributed by atoms with Crippen molar-refractivity contribution in [3.63, 3.8) is 0 Å². The highest BCUT2D eigenvalue weighted by molar-refractivity contribution is 5.92. The Hall–Kier alpha value is -2.96. The van der Waals surface area contributed by atoms with Crippen molar-refractivity contribution < 1.29 is 22.7 Å². The van der Waals surface area contributed by atoms with E-state index >= 15 is 0 Å². The summed E-state index contributed by atoms with van der Waals surface area (Å²) in [6.45, 7) is 2.76. The number of para-hydroxylation sites is 1. The maximum absolute atomic E-state index is 12.3. The molecule has 2 aromatic rings. The Morgan fingerprint density at radius 1 is 0.926 bits per heavy atom. The van der Waals surface area contributed by atoms with Crippen molar-refractivity contribution in [2.45, 2.75) is 6.36 Å². The molecule has 0 atom stereocenters. The number of hydrogen-bond acceptors (Lipinski definition) is 3. The number of nitrogens with zero attached hydrogens (tertiary/aromatic N) is 2. The molecular weight excluding hydrogens is 357 g/mol. The number of piperazine rings is 1. The summed E-state index contributed by atoms with van der Waals surface area (Å²) in [6, 6.07) is 15.4. The van der Waals surface area contributed by atoms with Gasteiger partial charge in [0.1, 0.15) is 5.75 Å². The van der Waals surface area contributed by atoms with Crippen LogP contribution in [0.25, 0.3) is 6.08 Å². The van der Waals surface area contributed by atoms with Crippen LogP contribution < -0.4 is 9.64 Å². The number of carbonyl (C=O) groups is 1. The van der Waals surface area contributed by atoms with Crippen molar-refractivity contribution in [2.75, 3.05) is 31.1 Å². The summed E-state index contributed by atoms with van der Waals surface area (Å²) in [5, 5.41) is 0. The van der Waals surface area contributed by atoms with E-state index in [2.05, 4.69) is 9.64 Å². The van der Waals surface area contributed by atoms with E-state index in [1.54, 1.807) is 11.0 Å². The van der Waals surface area contributed by atoms with Crippen molar-refractivity contribution in [3.8, 4) is 5.75 Å². The SMILES string of the molecule is O=C(/C=C/c1ccc(OC(F)(F)F)cc1)N1CCN(c2ccccc2)CC1. The van der Waals surface area contributed by atoms with Gasteiger partial charge in [-0.15, -0.1) is 13.2 Å². The van der Waals surface area contributed by atoms with Gasteiger partial charge in [-0.3, -0.25) is 4.79 Å². The molecule has 2 aromatic carbocycles. The molecule has 0 aromatic heterocycles. The quantitative estimate of drug-likeness (QED) is 0.758. The third-order valence-electron chi connectivity index (χ3n) is 4.24. The Balaban J connectivity index is 1.52. The highest BCUT2D eigenvalue weighted by atomic mass is 19.4. The smallest absolute Gasteiger partial charge is 0.406 e. The number of amides is 1. The predicted octanol–water partition coefficient (Wildman–Crippen LogP) is 3.95. The van der Waals surface area contributed by atoms with E-state index < -0.39 is 6.36 Å². The van der Waals surface area contributed by atoms with Crippen LogP contribution in [0.15, 0.2) is 60.7 Å². The first-order valence-electron chi connectivity index (χ1n) is 8.53. The molecule has 1 aliphatic rings. The number of ether oxygens (including phenoxy) is 1. The molecule has 4 nitrogen and oxygen atoms in total. The van der Waals surface area contributed by atoms with Crippen molar-refractivity contribution in [1.29, 1.82) is 0 Å². The topological polar surface area (TPSA) is 32.8 Å². The Labute approximate surface area is 155 Å². The van der Waals surface area contributed by atoms with Crippen LogP contribution in [0.5, 0.6) is 5.75 Å². The lowest BCUT2D eigenvalue weighted by Gasteiger charge is -2.35. The number of benzene rings is 2. The van der Waals surface area contributed by atoms with Crippen molar-refractivity contribution in [2.24, 2.45) is 0 Å². The largest absolute Gasteiger partial charge is 0.573 e. The summed E-state index contributed by atoms with van der Waals surface area (Å²) in [6.07, 6.45) is -1.68. The molecule has 1 heterocycles. The van der Waals surface area contributed by atoms with Gasteiger partial charge in [0.05, 0.1) is 0 Å². The van der Waals surface area contributed by atoms with Gasteiger partial charge in [-0.25, -0.2) is 0 Å². The van der Waals surface area contributed by atoms with Crippen molar-refractivity contribution >= 4 is 17.7 Å². The van der Waals surface area contributed by atoms with Crippen LogP contribution in [0.3, 0.4) is 0 Å². The van der Waals surface area contributed by atoms with E-state index in [9.17, 15) is 18.0 Å². The molecule has 0 radical (unpaired) electrons. The molecule has 142 valence electrons. The van der Waals surface area contributed by atoms with E-state index in [0.29, 0.717) is 18.7 Å². The molecule has 1 aliphatic heterocycles. The molecule has 1 fully saturated rings. The van der Waals surface area contributed by atoms with Crippen LogP contribution in [0, 0.1) is 0 Å². The molecule has 0 unspecified atom stereocenters. The molecule has 0 aliphatic carbocycles. The lowest BCUT2D eigenvalue weighted by Crippen LogP contribution is -2.48. The maximum Gasteiger partial charge on any atom is 0.573 e. The summed E-state index contributed by atoms with van der Waals surface area (Å²) in [7, 11) is 0. The first-order valence-corrected chi connectivity index (χ1v) is 8.53. The average Bonchev–Trinajstić information content (AvgIpc) is 2.67. The fourth-order valence-corrected chi connectivity index (χ4v) is 2.88. The van der Waals surface area contributed by atoms with Gasteiger partial charge in [0, 0.05) is 37.9 Å². The molecule has 0 N–H and O–H groups in total. The van der Waals surface area contributed by atoms with Crippen LogP contribution >= 0.6 is 0 Å². The monoisotopic (exact) mass is 376 g/mol.